The monoisotopic (exact) mass is 260 g/mol. The summed E-state index contributed by atoms with van der Waals surface area (Å²) in [7, 11) is 0. The van der Waals surface area contributed by atoms with Crippen LogP contribution in [0.4, 0.5) is 5.69 Å². The summed E-state index contributed by atoms with van der Waals surface area (Å²) in [4.78, 5) is 0. The number of likely N-dealkylation sites (tertiary alicyclic amines) is 1. The van der Waals surface area contributed by atoms with Gasteiger partial charge in [-0.3, -0.25) is 4.48 Å². The predicted octanol–water partition coefficient (Wildman–Crippen LogP) is 5.15. The molecule has 1 fully saturated rings. The molecule has 1 aliphatic heterocycles. The molecule has 2 rings (SSSR count). The van der Waals surface area contributed by atoms with Crippen LogP contribution in [0, 0.1) is 0 Å². The number of nitrogens with zero attached hydrogens (tertiary/aromatic N) is 1. The Labute approximate surface area is 119 Å². The Balaban J connectivity index is 1.95. The molecule has 1 aromatic carbocycles. The summed E-state index contributed by atoms with van der Waals surface area (Å²) in [6, 6.07) is 11.3. The maximum Gasteiger partial charge on any atom is 0.132 e. The summed E-state index contributed by atoms with van der Waals surface area (Å²) in [5.41, 5.74) is 1.55. The van der Waals surface area contributed by atoms with Gasteiger partial charge in [0.2, 0.25) is 0 Å². The van der Waals surface area contributed by atoms with Crippen molar-refractivity contribution < 1.29 is 0 Å². The summed E-state index contributed by atoms with van der Waals surface area (Å²) >= 11 is 0. The molecule has 0 radical (unpaired) electrons. The molecule has 1 heterocycles. The van der Waals surface area contributed by atoms with Crippen LogP contribution >= 0.6 is 0 Å². The number of rotatable bonds is 7. The normalized spacial score (nSPS) is 18.4. The first-order valence-electron chi connectivity index (χ1n) is 8.29. The van der Waals surface area contributed by atoms with Crippen LogP contribution in [0.1, 0.15) is 58.3 Å². The van der Waals surface area contributed by atoms with E-state index >= 15 is 0 Å². The zero-order valence-corrected chi connectivity index (χ0v) is 12.6. The highest BCUT2D eigenvalue weighted by atomic mass is 15.4. The molecule has 1 saturated heterocycles. The van der Waals surface area contributed by atoms with Crippen LogP contribution in [0.15, 0.2) is 30.3 Å². The SMILES string of the molecule is CCCCCCC[N+]1(c2ccccc2)CCCCC1. The van der Waals surface area contributed by atoms with Crippen molar-refractivity contribution in [1.29, 1.82) is 0 Å². The summed E-state index contributed by atoms with van der Waals surface area (Å²) < 4.78 is 1.26. The fraction of sp³-hybridized carbons (Fsp3) is 0.667. The number of benzene rings is 1. The maximum absolute atomic E-state index is 2.34. The van der Waals surface area contributed by atoms with Gasteiger partial charge in [-0.25, -0.2) is 0 Å². The lowest BCUT2D eigenvalue weighted by atomic mass is 10.0. The number of para-hydroxylation sites is 1. The van der Waals surface area contributed by atoms with Crippen LogP contribution < -0.4 is 4.48 Å². The summed E-state index contributed by atoms with van der Waals surface area (Å²) in [5, 5.41) is 0. The van der Waals surface area contributed by atoms with E-state index in [1.54, 1.807) is 5.69 Å². The van der Waals surface area contributed by atoms with Crippen molar-refractivity contribution in [3.05, 3.63) is 30.3 Å². The first-order chi connectivity index (χ1) is 9.37. The molecule has 0 spiro atoms. The maximum atomic E-state index is 2.34. The second kappa shape index (κ2) is 7.69. The van der Waals surface area contributed by atoms with Gasteiger partial charge in [0.05, 0.1) is 19.6 Å². The van der Waals surface area contributed by atoms with E-state index in [1.807, 2.05) is 0 Å². The lowest BCUT2D eigenvalue weighted by molar-refractivity contribution is 0.224. The van der Waals surface area contributed by atoms with Crippen molar-refractivity contribution in [2.45, 2.75) is 58.3 Å². The van der Waals surface area contributed by atoms with Gasteiger partial charge in [-0.05, 0) is 44.2 Å². The molecule has 0 aliphatic carbocycles. The fourth-order valence-electron chi connectivity index (χ4n) is 3.49. The molecule has 0 N–H and O–H groups in total. The summed E-state index contributed by atoms with van der Waals surface area (Å²) in [5.74, 6) is 0. The van der Waals surface area contributed by atoms with E-state index in [0.717, 1.165) is 0 Å². The molecule has 0 unspecified atom stereocenters. The number of piperidine rings is 1. The molecule has 0 atom stereocenters. The minimum absolute atomic E-state index is 1.26. The molecule has 0 amide bonds. The molecule has 19 heavy (non-hydrogen) atoms. The quantitative estimate of drug-likeness (QED) is 0.470. The van der Waals surface area contributed by atoms with Crippen LogP contribution in [0.3, 0.4) is 0 Å². The average Bonchev–Trinajstić information content (AvgIpc) is 2.49. The second-order valence-electron chi connectivity index (χ2n) is 6.13. The van der Waals surface area contributed by atoms with Crippen LogP contribution in [-0.2, 0) is 0 Å². The molecule has 106 valence electrons. The van der Waals surface area contributed by atoms with Gasteiger partial charge < -0.3 is 0 Å². The van der Waals surface area contributed by atoms with Gasteiger partial charge >= 0.3 is 0 Å². The van der Waals surface area contributed by atoms with E-state index in [-0.39, 0.29) is 0 Å². The second-order valence-corrected chi connectivity index (χ2v) is 6.13. The Bertz CT molecular complexity index is 338. The van der Waals surface area contributed by atoms with E-state index < -0.39 is 0 Å². The smallest absolute Gasteiger partial charge is 0.132 e. The molecule has 1 nitrogen and oxygen atoms in total. The molecule has 0 aromatic heterocycles. The molecule has 1 aliphatic rings. The minimum atomic E-state index is 1.26. The zero-order chi connectivity index (χ0) is 13.4. The first-order valence-corrected chi connectivity index (χ1v) is 8.29. The predicted molar refractivity (Wildman–Crippen MR) is 85.4 cm³/mol. The topological polar surface area (TPSA) is 0 Å². The van der Waals surface area contributed by atoms with Gasteiger partial charge in [0.25, 0.3) is 0 Å². The number of quaternary nitrogens is 1. The van der Waals surface area contributed by atoms with Gasteiger partial charge in [-0.2, -0.15) is 0 Å². The summed E-state index contributed by atoms with van der Waals surface area (Å²) in [6.45, 7) is 6.37. The Morgan fingerprint density at radius 3 is 2.21 bits per heavy atom. The van der Waals surface area contributed by atoms with E-state index in [9.17, 15) is 0 Å². The van der Waals surface area contributed by atoms with Gasteiger partial charge in [-0.15, -0.1) is 0 Å². The third kappa shape index (κ3) is 4.07. The Hall–Kier alpha value is -0.820. The van der Waals surface area contributed by atoms with E-state index in [2.05, 4.69) is 37.3 Å². The third-order valence-electron chi connectivity index (χ3n) is 4.67. The van der Waals surface area contributed by atoms with Crippen LogP contribution in [0.2, 0.25) is 0 Å². The summed E-state index contributed by atoms with van der Waals surface area (Å²) in [6.07, 6.45) is 11.2. The lowest BCUT2D eigenvalue weighted by Crippen LogP contribution is -2.53. The van der Waals surface area contributed by atoms with Crippen molar-refractivity contribution in [1.82, 2.24) is 4.48 Å². The van der Waals surface area contributed by atoms with Crippen molar-refractivity contribution in [2.75, 3.05) is 19.6 Å². The molecule has 0 saturated carbocycles. The molecular weight excluding hydrogens is 230 g/mol. The molecule has 0 bridgehead atoms. The number of hydrogen-bond donors (Lipinski definition) is 0. The van der Waals surface area contributed by atoms with E-state index in [1.165, 1.54) is 75.5 Å². The lowest BCUT2D eigenvalue weighted by Gasteiger charge is -2.41. The van der Waals surface area contributed by atoms with Crippen LogP contribution in [0.25, 0.3) is 0 Å². The standard InChI is InChI=1S/C18H30N/c1-2-3-4-5-10-15-19(16-11-7-12-17-19)18-13-8-6-9-14-18/h6,8-9,13-14H,2-5,7,10-12,15-17H2,1H3/q+1. The Kier molecular flexibility index (Phi) is 5.91. The van der Waals surface area contributed by atoms with Crippen molar-refractivity contribution in [2.24, 2.45) is 0 Å². The molecular formula is C18H30N+. The van der Waals surface area contributed by atoms with Crippen LogP contribution in [0.5, 0.6) is 0 Å². The fourth-order valence-corrected chi connectivity index (χ4v) is 3.49. The largest absolute Gasteiger partial charge is 0.291 e. The van der Waals surface area contributed by atoms with E-state index in [4.69, 9.17) is 0 Å². The van der Waals surface area contributed by atoms with Gasteiger partial charge in [-0.1, -0.05) is 44.4 Å². The highest BCUT2D eigenvalue weighted by Crippen LogP contribution is 2.29. The van der Waals surface area contributed by atoms with Crippen molar-refractivity contribution >= 4 is 5.69 Å². The van der Waals surface area contributed by atoms with Gasteiger partial charge in [0.1, 0.15) is 5.69 Å². The molecule has 1 aromatic rings. The minimum Gasteiger partial charge on any atom is -0.291 e. The average molecular weight is 260 g/mol. The van der Waals surface area contributed by atoms with Crippen LogP contribution in [-0.4, -0.2) is 19.6 Å². The Morgan fingerprint density at radius 1 is 0.842 bits per heavy atom. The number of hydrogen-bond acceptors (Lipinski definition) is 0. The van der Waals surface area contributed by atoms with Gasteiger partial charge in [0, 0.05) is 0 Å². The third-order valence-corrected chi connectivity index (χ3v) is 4.67. The number of unbranched alkanes of at least 4 members (excludes halogenated alkanes) is 4. The zero-order valence-electron chi connectivity index (χ0n) is 12.6. The Morgan fingerprint density at radius 2 is 1.53 bits per heavy atom. The van der Waals surface area contributed by atoms with Crippen molar-refractivity contribution in [3.63, 3.8) is 0 Å². The van der Waals surface area contributed by atoms with Crippen molar-refractivity contribution in [3.8, 4) is 0 Å². The van der Waals surface area contributed by atoms with E-state index in [0.29, 0.717) is 0 Å². The first kappa shape index (κ1) is 14.6. The highest BCUT2D eigenvalue weighted by molar-refractivity contribution is 5.42. The van der Waals surface area contributed by atoms with Gasteiger partial charge in [0.15, 0.2) is 0 Å². The highest BCUT2D eigenvalue weighted by Gasteiger charge is 2.31. The molecule has 1 heteroatoms.